The molecule has 1 aromatic heterocycles. The van der Waals surface area contributed by atoms with Crippen LogP contribution in [0.1, 0.15) is 10.6 Å². The molecule has 0 spiro atoms. The largest absolute Gasteiger partial charge is 0.433 e. The Morgan fingerprint density at radius 3 is 2.80 bits per heavy atom. The zero-order chi connectivity index (χ0) is 14.7. The van der Waals surface area contributed by atoms with Gasteiger partial charge in [-0.25, -0.2) is 0 Å². The van der Waals surface area contributed by atoms with Gasteiger partial charge in [-0.2, -0.15) is 0 Å². The van der Waals surface area contributed by atoms with Gasteiger partial charge in [-0.1, -0.05) is 6.08 Å². The van der Waals surface area contributed by atoms with Gasteiger partial charge in [0.15, 0.2) is 5.76 Å². The third-order valence-electron chi connectivity index (χ3n) is 2.94. The lowest BCUT2D eigenvalue weighted by molar-refractivity contribution is -0.402. The van der Waals surface area contributed by atoms with E-state index < -0.39 is 16.7 Å². The molecule has 1 aliphatic rings. The summed E-state index contributed by atoms with van der Waals surface area (Å²) in [7, 11) is 0. The zero-order valence-electron chi connectivity index (χ0n) is 10.6. The molecule has 0 bridgehead atoms. The number of nitrogens with zero attached hydrogens (tertiary/aromatic N) is 2. The van der Waals surface area contributed by atoms with E-state index in [0.717, 1.165) is 6.07 Å². The molecule has 2 amide bonds. The molecule has 2 heterocycles. The number of likely N-dealkylation sites (tertiary alicyclic amines) is 1. The lowest BCUT2D eigenvalue weighted by Gasteiger charge is -2.37. The predicted octanol–water partition coefficient (Wildman–Crippen LogP) is 0.562. The van der Waals surface area contributed by atoms with E-state index in [-0.39, 0.29) is 30.7 Å². The van der Waals surface area contributed by atoms with Crippen molar-refractivity contribution in [3.05, 3.63) is 40.7 Å². The topological polar surface area (TPSA) is 106 Å². The van der Waals surface area contributed by atoms with Crippen molar-refractivity contribution in [2.45, 2.75) is 0 Å². The third kappa shape index (κ3) is 2.68. The summed E-state index contributed by atoms with van der Waals surface area (Å²) < 4.78 is 4.82. The van der Waals surface area contributed by atoms with E-state index in [2.05, 4.69) is 11.9 Å². The number of rotatable bonds is 5. The van der Waals surface area contributed by atoms with E-state index >= 15 is 0 Å². The lowest BCUT2D eigenvalue weighted by atomic mass is 9.99. The zero-order valence-corrected chi connectivity index (χ0v) is 10.6. The number of hydrogen-bond donors (Lipinski definition) is 1. The van der Waals surface area contributed by atoms with E-state index in [1.54, 1.807) is 6.08 Å². The van der Waals surface area contributed by atoms with E-state index in [9.17, 15) is 19.7 Å². The van der Waals surface area contributed by atoms with Gasteiger partial charge in [0, 0.05) is 19.6 Å². The van der Waals surface area contributed by atoms with Crippen LogP contribution in [-0.2, 0) is 4.79 Å². The summed E-state index contributed by atoms with van der Waals surface area (Å²) >= 11 is 0. The van der Waals surface area contributed by atoms with Gasteiger partial charge in [0.05, 0.1) is 12.0 Å². The molecule has 0 saturated carbocycles. The molecule has 8 nitrogen and oxygen atoms in total. The number of hydrogen-bond acceptors (Lipinski definition) is 5. The molecule has 0 radical (unpaired) electrons. The minimum atomic E-state index is -0.710. The molecule has 1 aliphatic heterocycles. The summed E-state index contributed by atoms with van der Waals surface area (Å²) in [4.78, 5) is 34.6. The quantitative estimate of drug-likeness (QED) is 0.481. The standard InChI is InChI=1S/C12H13N3O5/c1-2-5-13-11(16)8-6-14(7-8)12(17)9-3-4-10(20-9)15(18)19/h2-4,8H,1,5-7H2,(H,13,16). The van der Waals surface area contributed by atoms with Gasteiger partial charge in [-0.05, 0) is 6.07 Å². The molecule has 106 valence electrons. The third-order valence-corrected chi connectivity index (χ3v) is 2.94. The summed E-state index contributed by atoms with van der Waals surface area (Å²) in [6.07, 6.45) is 1.57. The maximum atomic E-state index is 11.9. The van der Waals surface area contributed by atoms with Crippen LogP contribution < -0.4 is 5.32 Å². The molecule has 0 aromatic carbocycles. The summed E-state index contributed by atoms with van der Waals surface area (Å²) in [5.74, 6) is -1.43. The van der Waals surface area contributed by atoms with Crippen molar-refractivity contribution in [1.29, 1.82) is 0 Å². The molecule has 0 unspecified atom stereocenters. The normalized spacial score (nSPS) is 14.5. The van der Waals surface area contributed by atoms with Crippen molar-refractivity contribution in [2.75, 3.05) is 19.6 Å². The summed E-state index contributed by atoms with van der Waals surface area (Å²) in [5, 5.41) is 13.1. The maximum Gasteiger partial charge on any atom is 0.433 e. The van der Waals surface area contributed by atoms with Crippen LogP contribution >= 0.6 is 0 Å². The van der Waals surface area contributed by atoms with Crippen LogP contribution in [0.15, 0.2) is 29.2 Å². The Balaban J connectivity index is 1.88. The van der Waals surface area contributed by atoms with E-state index in [0.29, 0.717) is 6.54 Å². The fourth-order valence-corrected chi connectivity index (χ4v) is 1.82. The highest BCUT2D eigenvalue weighted by Crippen LogP contribution is 2.22. The second-order valence-corrected chi connectivity index (χ2v) is 4.34. The number of amides is 2. The second kappa shape index (κ2) is 5.55. The van der Waals surface area contributed by atoms with E-state index in [4.69, 9.17) is 4.42 Å². The predicted molar refractivity (Wildman–Crippen MR) is 68.0 cm³/mol. The Morgan fingerprint density at radius 1 is 1.55 bits per heavy atom. The van der Waals surface area contributed by atoms with Gasteiger partial charge in [0.1, 0.15) is 4.92 Å². The van der Waals surface area contributed by atoms with Crippen LogP contribution in [0.4, 0.5) is 5.88 Å². The van der Waals surface area contributed by atoms with Crippen LogP contribution in [0.5, 0.6) is 0 Å². The monoisotopic (exact) mass is 279 g/mol. The van der Waals surface area contributed by atoms with Crippen LogP contribution in [0, 0.1) is 16.0 Å². The van der Waals surface area contributed by atoms with Crippen LogP contribution in [0.3, 0.4) is 0 Å². The molecule has 2 rings (SSSR count). The SMILES string of the molecule is C=CCNC(=O)C1CN(C(=O)c2ccc([N+](=O)[O-])o2)C1. The van der Waals surface area contributed by atoms with Crippen LogP contribution in [0.25, 0.3) is 0 Å². The highest BCUT2D eigenvalue weighted by molar-refractivity contribution is 5.94. The fraction of sp³-hybridized carbons (Fsp3) is 0.333. The van der Waals surface area contributed by atoms with Crippen LogP contribution in [-0.4, -0.2) is 41.3 Å². The van der Waals surface area contributed by atoms with Crippen molar-refractivity contribution in [1.82, 2.24) is 10.2 Å². The Labute approximate surface area is 114 Å². The number of nitro groups is 1. The highest BCUT2D eigenvalue weighted by atomic mass is 16.6. The first-order chi connectivity index (χ1) is 9.52. The first-order valence-corrected chi connectivity index (χ1v) is 5.95. The number of carbonyl (C=O) groups excluding carboxylic acids is 2. The summed E-state index contributed by atoms with van der Waals surface area (Å²) in [5.41, 5.74) is 0. The first kappa shape index (κ1) is 13.8. The molecule has 1 aromatic rings. The average Bonchev–Trinajstić information content (AvgIpc) is 2.84. The van der Waals surface area contributed by atoms with Gasteiger partial charge in [-0.3, -0.25) is 19.7 Å². The Morgan fingerprint density at radius 2 is 2.25 bits per heavy atom. The fourth-order valence-electron chi connectivity index (χ4n) is 1.82. The van der Waals surface area contributed by atoms with E-state index in [1.807, 2.05) is 0 Å². The second-order valence-electron chi connectivity index (χ2n) is 4.34. The van der Waals surface area contributed by atoms with Crippen molar-refractivity contribution in [3.8, 4) is 0 Å². The molecule has 1 fully saturated rings. The molecule has 8 heteroatoms. The van der Waals surface area contributed by atoms with Crippen molar-refractivity contribution >= 4 is 17.7 Å². The molecule has 0 atom stereocenters. The highest BCUT2D eigenvalue weighted by Gasteiger charge is 2.37. The average molecular weight is 279 g/mol. The molecule has 1 N–H and O–H groups in total. The van der Waals surface area contributed by atoms with Crippen molar-refractivity contribution < 1.29 is 18.9 Å². The Bertz CT molecular complexity index is 559. The van der Waals surface area contributed by atoms with Gasteiger partial charge < -0.3 is 14.6 Å². The maximum absolute atomic E-state index is 11.9. The van der Waals surface area contributed by atoms with Crippen molar-refractivity contribution in [2.24, 2.45) is 5.92 Å². The Kier molecular flexibility index (Phi) is 3.83. The number of furan rings is 1. The number of carbonyl (C=O) groups is 2. The summed E-state index contributed by atoms with van der Waals surface area (Å²) in [6.45, 7) is 4.42. The first-order valence-electron chi connectivity index (χ1n) is 5.95. The van der Waals surface area contributed by atoms with Crippen LogP contribution in [0.2, 0.25) is 0 Å². The smallest absolute Gasteiger partial charge is 0.395 e. The molecule has 1 saturated heterocycles. The van der Waals surface area contributed by atoms with Crippen molar-refractivity contribution in [3.63, 3.8) is 0 Å². The van der Waals surface area contributed by atoms with Gasteiger partial charge in [0.25, 0.3) is 5.91 Å². The summed E-state index contributed by atoms with van der Waals surface area (Å²) in [6, 6.07) is 2.38. The molecule has 0 aliphatic carbocycles. The number of nitrogens with one attached hydrogen (secondary N) is 1. The molecular formula is C12H13N3O5. The Hall–Kier alpha value is -2.64. The minimum Gasteiger partial charge on any atom is -0.395 e. The lowest BCUT2D eigenvalue weighted by Crippen LogP contribution is -2.55. The molecular weight excluding hydrogens is 266 g/mol. The van der Waals surface area contributed by atoms with Gasteiger partial charge >= 0.3 is 5.88 Å². The van der Waals surface area contributed by atoms with Gasteiger partial charge in [0.2, 0.25) is 5.91 Å². The minimum absolute atomic E-state index is 0.0957. The molecule has 20 heavy (non-hydrogen) atoms. The van der Waals surface area contributed by atoms with Gasteiger partial charge in [-0.15, -0.1) is 6.58 Å². The van der Waals surface area contributed by atoms with E-state index in [1.165, 1.54) is 11.0 Å².